The summed E-state index contributed by atoms with van der Waals surface area (Å²) in [5.74, 6) is -0.445. The molecule has 7 heteroatoms. The van der Waals surface area contributed by atoms with Crippen LogP contribution < -0.4 is 5.32 Å². The molecule has 7 nitrogen and oxygen atoms in total. The number of benzene rings is 2. The van der Waals surface area contributed by atoms with Crippen molar-refractivity contribution in [1.29, 1.82) is 0 Å². The SMILES string of the molecule is CCCCN1C(=O)c2ccc(C(=O)Nc3ccnn3Cc3ccccc3)cc2C1=O. The molecule has 3 amide bonds. The van der Waals surface area contributed by atoms with E-state index < -0.39 is 0 Å². The van der Waals surface area contributed by atoms with Crippen LogP contribution in [0.15, 0.2) is 60.8 Å². The van der Waals surface area contributed by atoms with Gasteiger partial charge in [0.1, 0.15) is 5.82 Å². The van der Waals surface area contributed by atoms with Crippen molar-refractivity contribution in [3.05, 3.63) is 83.0 Å². The lowest BCUT2D eigenvalue weighted by Crippen LogP contribution is -2.30. The zero-order valence-corrected chi connectivity index (χ0v) is 16.7. The molecule has 0 saturated heterocycles. The van der Waals surface area contributed by atoms with Crippen LogP contribution in [0.25, 0.3) is 0 Å². The molecule has 152 valence electrons. The quantitative estimate of drug-likeness (QED) is 0.612. The molecule has 1 aliphatic heterocycles. The number of aromatic nitrogens is 2. The number of rotatable bonds is 7. The predicted octanol–water partition coefficient (Wildman–Crippen LogP) is 3.58. The maximum absolute atomic E-state index is 12.8. The van der Waals surface area contributed by atoms with Crippen molar-refractivity contribution in [1.82, 2.24) is 14.7 Å². The highest BCUT2D eigenvalue weighted by Crippen LogP contribution is 2.25. The molecule has 4 rings (SSSR count). The van der Waals surface area contributed by atoms with Crippen LogP contribution in [-0.4, -0.2) is 38.9 Å². The summed E-state index contributed by atoms with van der Waals surface area (Å²) in [5, 5.41) is 7.11. The number of carbonyl (C=O) groups is 3. The summed E-state index contributed by atoms with van der Waals surface area (Å²) < 4.78 is 1.70. The molecule has 0 atom stereocenters. The predicted molar refractivity (Wildman–Crippen MR) is 112 cm³/mol. The van der Waals surface area contributed by atoms with Crippen molar-refractivity contribution in [2.45, 2.75) is 26.3 Å². The third kappa shape index (κ3) is 3.74. The van der Waals surface area contributed by atoms with E-state index in [9.17, 15) is 14.4 Å². The fraction of sp³-hybridized carbons (Fsp3) is 0.217. The third-order valence-corrected chi connectivity index (χ3v) is 5.10. The van der Waals surface area contributed by atoms with E-state index in [-0.39, 0.29) is 23.3 Å². The summed E-state index contributed by atoms with van der Waals surface area (Å²) >= 11 is 0. The van der Waals surface area contributed by atoms with Gasteiger partial charge in [0.25, 0.3) is 17.7 Å². The van der Waals surface area contributed by atoms with Crippen LogP contribution >= 0.6 is 0 Å². The molecule has 0 bridgehead atoms. The van der Waals surface area contributed by atoms with Crippen LogP contribution in [0.3, 0.4) is 0 Å². The Hall–Kier alpha value is -3.74. The lowest BCUT2D eigenvalue weighted by Gasteiger charge is -2.12. The van der Waals surface area contributed by atoms with Gasteiger partial charge in [-0.2, -0.15) is 5.10 Å². The topological polar surface area (TPSA) is 84.3 Å². The number of carbonyl (C=O) groups excluding carboxylic acids is 3. The molecule has 30 heavy (non-hydrogen) atoms. The zero-order chi connectivity index (χ0) is 21.1. The second-order valence-electron chi connectivity index (χ2n) is 7.19. The minimum absolute atomic E-state index is 0.279. The molecule has 0 saturated carbocycles. The fourth-order valence-electron chi connectivity index (χ4n) is 3.46. The Kier molecular flexibility index (Phi) is 5.43. The van der Waals surface area contributed by atoms with Crippen molar-refractivity contribution >= 4 is 23.5 Å². The minimum atomic E-state index is -0.361. The van der Waals surface area contributed by atoms with E-state index in [2.05, 4.69) is 10.4 Å². The van der Waals surface area contributed by atoms with Crippen molar-refractivity contribution in [2.75, 3.05) is 11.9 Å². The number of hydrogen-bond donors (Lipinski definition) is 1. The van der Waals surface area contributed by atoms with Crippen LogP contribution in [0.2, 0.25) is 0 Å². The van der Waals surface area contributed by atoms with Gasteiger partial charge in [0.15, 0.2) is 0 Å². The number of nitrogens with one attached hydrogen (secondary N) is 1. The Bertz CT molecular complexity index is 1100. The second-order valence-corrected chi connectivity index (χ2v) is 7.19. The Labute approximate surface area is 174 Å². The lowest BCUT2D eigenvalue weighted by atomic mass is 10.1. The highest BCUT2D eigenvalue weighted by atomic mass is 16.2. The van der Waals surface area contributed by atoms with Gasteiger partial charge >= 0.3 is 0 Å². The van der Waals surface area contributed by atoms with E-state index in [1.165, 1.54) is 11.0 Å². The molecule has 1 aliphatic rings. The Morgan fingerprint density at radius 1 is 1.00 bits per heavy atom. The summed E-state index contributed by atoms with van der Waals surface area (Å²) in [6.45, 7) is 2.92. The first-order valence-electron chi connectivity index (χ1n) is 9.96. The van der Waals surface area contributed by atoms with E-state index in [0.29, 0.717) is 30.0 Å². The van der Waals surface area contributed by atoms with Crippen molar-refractivity contribution in [3.8, 4) is 0 Å². The van der Waals surface area contributed by atoms with E-state index in [0.717, 1.165) is 18.4 Å². The Morgan fingerprint density at radius 2 is 1.77 bits per heavy atom. The largest absolute Gasteiger partial charge is 0.307 e. The number of amides is 3. The van der Waals surface area contributed by atoms with E-state index in [1.54, 1.807) is 29.1 Å². The maximum Gasteiger partial charge on any atom is 0.261 e. The van der Waals surface area contributed by atoms with Crippen molar-refractivity contribution < 1.29 is 14.4 Å². The fourth-order valence-corrected chi connectivity index (χ4v) is 3.46. The van der Waals surface area contributed by atoms with Crippen LogP contribution in [0.5, 0.6) is 0 Å². The number of fused-ring (bicyclic) bond motifs is 1. The van der Waals surface area contributed by atoms with Gasteiger partial charge in [-0.15, -0.1) is 0 Å². The average Bonchev–Trinajstić information content (AvgIpc) is 3.29. The van der Waals surface area contributed by atoms with Gasteiger partial charge in [0.05, 0.1) is 23.9 Å². The van der Waals surface area contributed by atoms with Crippen LogP contribution in [0.1, 0.15) is 56.4 Å². The molecule has 0 aliphatic carbocycles. The molecular weight excluding hydrogens is 380 g/mol. The van der Waals surface area contributed by atoms with Gasteiger partial charge in [-0.3, -0.25) is 19.3 Å². The Balaban J connectivity index is 1.51. The summed E-state index contributed by atoms with van der Waals surface area (Å²) in [6.07, 6.45) is 3.26. The smallest absolute Gasteiger partial charge is 0.261 e. The zero-order valence-electron chi connectivity index (χ0n) is 16.7. The van der Waals surface area contributed by atoms with Gasteiger partial charge in [-0.25, -0.2) is 4.68 Å². The standard InChI is InChI=1S/C23H22N4O3/c1-2-3-13-26-22(29)18-10-9-17(14-19(18)23(26)30)21(28)25-20-11-12-24-27(20)15-16-7-5-4-6-8-16/h4-12,14H,2-3,13,15H2,1H3,(H,25,28). The first-order valence-corrected chi connectivity index (χ1v) is 9.96. The first kappa shape index (κ1) is 19.6. The van der Waals surface area contributed by atoms with Crippen LogP contribution in [0, 0.1) is 0 Å². The maximum atomic E-state index is 12.8. The summed E-state index contributed by atoms with van der Waals surface area (Å²) in [6, 6.07) is 16.1. The number of nitrogens with zero attached hydrogens (tertiary/aromatic N) is 3. The van der Waals surface area contributed by atoms with E-state index >= 15 is 0 Å². The summed E-state index contributed by atoms with van der Waals surface area (Å²) in [4.78, 5) is 39.1. The summed E-state index contributed by atoms with van der Waals surface area (Å²) in [7, 11) is 0. The van der Waals surface area contributed by atoms with Gasteiger partial charge in [-0.1, -0.05) is 43.7 Å². The van der Waals surface area contributed by atoms with Gasteiger partial charge < -0.3 is 5.32 Å². The second kappa shape index (κ2) is 8.32. The lowest BCUT2D eigenvalue weighted by molar-refractivity contribution is 0.0652. The molecule has 1 N–H and O–H groups in total. The van der Waals surface area contributed by atoms with Crippen LogP contribution in [0.4, 0.5) is 5.82 Å². The molecular formula is C23H22N4O3. The molecule has 3 aromatic rings. The van der Waals surface area contributed by atoms with Crippen molar-refractivity contribution in [2.24, 2.45) is 0 Å². The van der Waals surface area contributed by atoms with Gasteiger partial charge in [0, 0.05) is 18.2 Å². The molecule has 2 heterocycles. The van der Waals surface area contributed by atoms with Crippen molar-refractivity contribution in [3.63, 3.8) is 0 Å². The molecule has 0 unspecified atom stereocenters. The van der Waals surface area contributed by atoms with Crippen LogP contribution in [-0.2, 0) is 6.54 Å². The minimum Gasteiger partial charge on any atom is -0.307 e. The first-order chi connectivity index (χ1) is 14.6. The highest BCUT2D eigenvalue weighted by Gasteiger charge is 2.35. The number of anilines is 1. The third-order valence-electron chi connectivity index (χ3n) is 5.10. The molecule has 0 spiro atoms. The van der Waals surface area contributed by atoms with Gasteiger partial charge in [0.2, 0.25) is 0 Å². The normalized spacial score (nSPS) is 12.9. The number of hydrogen-bond acceptors (Lipinski definition) is 4. The number of unbranched alkanes of at least 4 members (excludes halogenated alkanes) is 1. The molecule has 0 fully saturated rings. The van der Waals surface area contributed by atoms with E-state index in [4.69, 9.17) is 0 Å². The molecule has 2 aromatic carbocycles. The van der Waals surface area contributed by atoms with E-state index in [1.807, 2.05) is 37.3 Å². The molecule has 1 aromatic heterocycles. The summed E-state index contributed by atoms with van der Waals surface area (Å²) in [5.41, 5.74) is 2.01. The van der Waals surface area contributed by atoms with Gasteiger partial charge in [-0.05, 0) is 30.2 Å². The highest BCUT2D eigenvalue weighted by molar-refractivity contribution is 6.22. The number of imide groups is 1. The Morgan fingerprint density at radius 3 is 2.53 bits per heavy atom. The monoisotopic (exact) mass is 402 g/mol. The molecule has 0 radical (unpaired) electrons. The average molecular weight is 402 g/mol.